The fourth-order valence-electron chi connectivity index (χ4n) is 2.77. The first-order valence-electron chi connectivity index (χ1n) is 8.47. The molecule has 3 rings (SSSR count). The van der Waals surface area contributed by atoms with Crippen LogP contribution in [0.3, 0.4) is 0 Å². The zero-order chi connectivity index (χ0) is 18.6. The lowest BCUT2D eigenvalue weighted by Gasteiger charge is -2.19. The molecule has 1 aromatic heterocycles. The average molecular weight is 371 g/mol. The number of aromatic nitrogens is 2. The molecule has 2 aromatic carbocycles. The van der Waals surface area contributed by atoms with Gasteiger partial charge in [0.05, 0.1) is 28.1 Å². The Labute approximate surface area is 152 Å². The van der Waals surface area contributed by atoms with Crippen LogP contribution in [0.25, 0.3) is 10.9 Å². The number of para-hydroxylation sites is 1. The SMILES string of the molecule is CCN(CCS(=O)(=O)c1ccccc1)Cc1nc2ccccc2c(=O)[nH]1. The summed E-state index contributed by atoms with van der Waals surface area (Å²) in [4.78, 5) is 21.7. The number of aromatic amines is 1. The molecule has 0 bridgehead atoms. The number of sulfone groups is 1. The van der Waals surface area contributed by atoms with Gasteiger partial charge in [0.2, 0.25) is 0 Å². The molecule has 0 atom stereocenters. The lowest BCUT2D eigenvalue weighted by atomic mass is 10.2. The number of hydrogen-bond donors (Lipinski definition) is 1. The molecule has 0 fully saturated rings. The molecular weight excluding hydrogens is 350 g/mol. The van der Waals surface area contributed by atoms with Crippen LogP contribution in [0.2, 0.25) is 0 Å². The van der Waals surface area contributed by atoms with E-state index in [1.54, 1.807) is 48.5 Å². The minimum absolute atomic E-state index is 0.0165. The van der Waals surface area contributed by atoms with Crippen LogP contribution in [-0.2, 0) is 16.4 Å². The Morgan fingerprint density at radius 2 is 1.73 bits per heavy atom. The maximum atomic E-state index is 12.4. The summed E-state index contributed by atoms with van der Waals surface area (Å²) >= 11 is 0. The van der Waals surface area contributed by atoms with Gasteiger partial charge in [-0.1, -0.05) is 37.3 Å². The normalized spacial score (nSPS) is 11.9. The Kier molecular flexibility index (Phi) is 5.49. The van der Waals surface area contributed by atoms with E-state index in [0.29, 0.717) is 41.3 Å². The van der Waals surface area contributed by atoms with Gasteiger partial charge in [0.25, 0.3) is 5.56 Å². The zero-order valence-corrected chi connectivity index (χ0v) is 15.4. The van der Waals surface area contributed by atoms with Crippen LogP contribution in [0, 0.1) is 0 Å². The minimum atomic E-state index is -3.33. The standard InChI is InChI=1S/C19H21N3O3S/c1-2-22(12-13-26(24,25)15-8-4-3-5-9-15)14-18-20-17-11-7-6-10-16(17)19(23)21-18/h3-11H,2,12-14H2,1H3,(H,20,21,23). The summed E-state index contributed by atoms with van der Waals surface area (Å²) in [6.45, 7) is 3.36. The van der Waals surface area contributed by atoms with E-state index in [2.05, 4.69) is 9.97 Å². The molecule has 1 heterocycles. The van der Waals surface area contributed by atoms with Gasteiger partial charge in [-0.3, -0.25) is 9.69 Å². The van der Waals surface area contributed by atoms with Crippen LogP contribution in [0.5, 0.6) is 0 Å². The zero-order valence-electron chi connectivity index (χ0n) is 14.6. The summed E-state index contributed by atoms with van der Waals surface area (Å²) in [5.41, 5.74) is 0.456. The third kappa shape index (κ3) is 4.17. The second kappa shape index (κ2) is 7.80. The van der Waals surface area contributed by atoms with Gasteiger partial charge in [0, 0.05) is 6.54 Å². The highest BCUT2D eigenvalue weighted by Crippen LogP contribution is 2.11. The lowest BCUT2D eigenvalue weighted by molar-refractivity contribution is 0.289. The summed E-state index contributed by atoms with van der Waals surface area (Å²) in [6, 6.07) is 15.6. The van der Waals surface area contributed by atoms with E-state index in [1.165, 1.54) is 0 Å². The summed E-state index contributed by atoms with van der Waals surface area (Å²) < 4.78 is 24.9. The number of nitrogens with one attached hydrogen (secondary N) is 1. The molecule has 0 radical (unpaired) electrons. The summed E-state index contributed by atoms with van der Waals surface area (Å²) in [5.74, 6) is 0.551. The number of nitrogens with zero attached hydrogens (tertiary/aromatic N) is 2. The predicted octanol–water partition coefficient (Wildman–Crippen LogP) is 2.22. The molecule has 26 heavy (non-hydrogen) atoms. The Morgan fingerprint density at radius 1 is 1.04 bits per heavy atom. The van der Waals surface area contributed by atoms with Gasteiger partial charge in [-0.15, -0.1) is 0 Å². The number of rotatable bonds is 7. The third-order valence-corrected chi connectivity index (χ3v) is 5.97. The van der Waals surface area contributed by atoms with E-state index in [0.717, 1.165) is 0 Å². The van der Waals surface area contributed by atoms with Crippen molar-refractivity contribution < 1.29 is 8.42 Å². The topological polar surface area (TPSA) is 83.1 Å². The van der Waals surface area contributed by atoms with Gasteiger partial charge in [-0.05, 0) is 30.8 Å². The third-order valence-electron chi connectivity index (χ3n) is 4.26. The molecule has 3 aromatic rings. The average Bonchev–Trinajstić information content (AvgIpc) is 2.66. The predicted molar refractivity (Wildman–Crippen MR) is 102 cm³/mol. The van der Waals surface area contributed by atoms with Gasteiger partial charge >= 0.3 is 0 Å². The molecule has 1 N–H and O–H groups in total. The van der Waals surface area contributed by atoms with Crippen LogP contribution < -0.4 is 5.56 Å². The van der Waals surface area contributed by atoms with E-state index in [1.807, 2.05) is 17.9 Å². The lowest BCUT2D eigenvalue weighted by Crippen LogP contribution is -2.30. The van der Waals surface area contributed by atoms with Crippen LogP contribution >= 0.6 is 0 Å². The molecule has 0 saturated carbocycles. The van der Waals surface area contributed by atoms with Gasteiger partial charge in [-0.25, -0.2) is 13.4 Å². The maximum absolute atomic E-state index is 12.4. The molecule has 7 heteroatoms. The Hall–Kier alpha value is -2.51. The van der Waals surface area contributed by atoms with Crippen molar-refractivity contribution in [1.82, 2.24) is 14.9 Å². The van der Waals surface area contributed by atoms with E-state index < -0.39 is 9.84 Å². The molecular formula is C19H21N3O3S. The minimum Gasteiger partial charge on any atom is -0.309 e. The van der Waals surface area contributed by atoms with Crippen molar-refractivity contribution in [2.24, 2.45) is 0 Å². The highest BCUT2D eigenvalue weighted by atomic mass is 32.2. The van der Waals surface area contributed by atoms with Crippen molar-refractivity contribution in [3.8, 4) is 0 Å². The molecule has 6 nitrogen and oxygen atoms in total. The Balaban J connectivity index is 1.73. The van der Waals surface area contributed by atoms with Crippen molar-refractivity contribution in [3.63, 3.8) is 0 Å². The molecule has 0 aliphatic rings. The fourth-order valence-corrected chi connectivity index (χ4v) is 4.07. The quantitative estimate of drug-likeness (QED) is 0.688. The summed E-state index contributed by atoms with van der Waals surface area (Å²) in [5, 5.41) is 0.547. The molecule has 0 amide bonds. The van der Waals surface area contributed by atoms with E-state index in [9.17, 15) is 13.2 Å². The maximum Gasteiger partial charge on any atom is 0.258 e. The second-order valence-corrected chi connectivity index (χ2v) is 8.14. The Morgan fingerprint density at radius 3 is 2.46 bits per heavy atom. The largest absolute Gasteiger partial charge is 0.309 e. The first kappa shape index (κ1) is 18.3. The summed E-state index contributed by atoms with van der Waals surface area (Å²) in [6.07, 6.45) is 0. The molecule has 0 aliphatic carbocycles. The van der Waals surface area contributed by atoms with E-state index in [-0.39, 0.29) is 11.3 Å². The molecule has 0 spiro atoms. The number of benzene rings is 2. The van der Waals surface area contributed by atoms with Crippen LogP contribution in [0.4, 0.5) is 0 Å². The number of fused-ring (bicyclic) bond motifs is 1. The highest BCUT2D eigenvalue weighted by Gasteiger charge is 2.16. The highest BCUT2D eigenvalue weighted by molar-refractivity contribution is 7.91. The van der Waals surface area contributed by atoms with Gasteiger partial charge < -0.3 is 4.98 Å². The van der Waals surface area contributed by atoms with Crippen molar-refractivity contribution in [1.29, 1.82) is 0 Å². The fraction of sp³-hybridized carbons (Fsp3) is 0.263. The van der Waals surface area contributed by atoms with Crippen LogP contribution in [0.15, 0.2) is 64.3 Å². The van der Waals surface area contributed by atoms with Gasteiger partial charge in [0.1, 0.15) is 5.82 Å². The molecule has 0 unspecified atom stereocenters. The van der Waals surface area contributed by atoms with Crippen molar-refractivity contribution in [3.05, 3.63) is 70.8 Å². The summed E-state index contributed by atoms with van der Waals surface area (Å²) in [7, 11) is -3.33. The van der Waals surface area contributed by atoms with Crippen LogP contribution in [-0.4, -0.2) is 42.1 Å². The first-order chi connectivity index (χ1) is 12.5. The number of H-pyrrole nitrogens is 1. The first-order valence-corrected chi connectivity index (χ1v) is 10.1. The van der Waals surface area contributed by atoms with Gasteiger partial charge in [0.15, 0.2) is 9.84 Å². The second-order valence-electron chi connectivity index (χ2n) is 6.03. The molecule has 0 saturated heterocycles. The smallest absolute Gasteiger partial charge is 0.258 e. The van der Waals surface area contributed by atoms with Crippen LogP contribution in [0.1, 0.15) is 12.7 Å². The molecule has 136 valence electrons. The van der Waals surface area contributed by atoms with E-state index in [4.69, 9.17) is 0 Å². The van der Waals surface area contributed by atoms with E-state index >= 15 is 0 Å². The monoisotopic (exact) mass is 371 g/mol. The molecule has 0 aliphatic heterocycles. The number of hydrogen-bond acceptors (Lipinski definition) is 5. The van der Waals surface area contributed by atoms with Crippen molar-refractivity contribution in [2.45, 2.75) is 18.4 Å². The van der Waals surface area contributed by atoms with Crippen molar-refractivity contribution >= 4 is 20.7 Å². The Bertz CT molecular complexity index is 1050. The van der Waals surface area contributed by atoms with Gasteiger partial charge in [-0.2, -0.15) is 0 Å². The van der Waals surface area contributed by atoms with Crippen molar-refractivity contribution in [2.75, 3.05) is 18.8 Å².